The topological polar surface area (TPSA) is 50.8 Å². The summed E-state index contributed by atoms with van der Waals surface area (Å²) in [5.74, 6) is 0.474. The van der Waals surface area contributed by atoms with Gasteiger partial charge in [0.05, 0.1) is 27.5 Å². The van der Waals surface area contributed by atoms with Crippen molar-refractivity contribution in [2.45, 2.75) is 18.9 Å². The van der Waals surface area contributed by atoms with E-state index < -0.39 is 0 Å². The molecule has 1 aromatic carbocycles. The minimum Gasteiger partial charge on any atom is -0.487 e. The van der Waals surface area contributed by atoms with Crippen molar-refractivity contribution in [3.8, 4) is 23.1 Å². The average molecular weight is 353 g/mol. The Morgan fingerprint density at radius 1 is 1.50 bits per heavy atom. The Bertz CT molecular complexity index is 696. The molecule has 0 radical (unpaired) electrons. The van der Waals surface area contributed by atoms with Gasteiger partial charge in [0, 0.05) is 12.6 Å². The van der Waals surface area contributed by atoms with Gasteiger partial charge in [0.25, 0.3) is 0 Å². The van der Waals surface area contributed by atoms with Gasteiger partial charge in [-0.3, -0.25) is 4.68 Å². The lowest BCUT2D eigenvalue weighted by Crippen LogP contribution is -2.02. The summed E-state index contributed by atoms with van der Waals surface area (Å²) in [5, 5.41) is 14.2. The highest BCUT2D eigenvalue weighted by Gasteiger charge is 2.27. The summed E-state index contributed by atoms with van der Waals surface area (Å²) in [6.45, 7) is 0. The first-order valence-electron chi connectivity index (χ1n) is 6.19. The molecular formula is C14H11BrClN3O. The smallest absolute Gasteiger partial charge is 0.156 e. The molecule has 0 unspecified atom stereocenters. The number of hydrogen-bond acceptors (Lipinski definition) is 3. The molecule has 3 rings (SSSR count). The molecule has 4 nitrogen and oxygen atoms in total. The summed E-state index contributed by atoms with van der Waals surface area (Å²) in [4.78, 5) is 0. The molecule has 1 fully saturated rings. The maximum absolute atomic E-state index is 9.50. The van der Waals surface area contributed by atoms with E-state index in [2.05, 4.69) is 27.1 Å². The molecule has 0 N–H and O–H groups in total. The fourth-order valence-electron chi connectivity index (χ4n) is 2.05. The van der Waals surface area contributed by atoms with Crippen molar-refractivity contribution < 1.29 is 4.74 Å². The van der Waals surface area contributed by atoms with Crippen molar-refractivity contribution in [2.75, 3.05) is 0 Å². The number of halogens is 2. The van der Waals surface area contributed by atoms with Crippen molar-refractivity contribution >= 4 is 27.5 Å². The summed E-state index contributed by atoms with van der Waals surface area (Å²) in [7, 11) is 1.83. The summed E-state index contributed by atoms with van der Waals surface area (Å²) in [6.07, 6.45) is 3.92. The Hall–Kier alpha value is -1.51. The van der Waals surface area contributed by atoms with Gasteiger partial charge in [0.15, 0.2) is 5.75 Å². The molecule has 1 aliphatic rings. The van der Waals surface area contributed by atoms with Crippen molar-refractivity contribution in [1.82, 2.24) is 9.78 Å². The Kier molecular flexibility index (Phi) is 3.45. The number of aryl methyl sites for hydroxylation is 1. The van der Waals surface area contributed by atoms with Crippen LogP contribution >= 0.6 is 27.5 Å². The molecule has 20 heavy (non-hydrogen) atoms. The molecule has 0 spiro atoms. The second-order valence-corrected chi connectivity index (χ2v) is 5.95. The standard InChI is InChI=1S/C14H11BrClN3O/c1-19-13(11(15)7-18-19)9-4-5-12(16)14(10(9)6-17)20-8-2-3-8/h4-5,7-8H,2-3H2,1H3. The van der Waals surface area contributed by atoms with Crippen molar-refractivity contribution in [3.05, 3.63) is 33.4 Å². The zero-order chi connectivity index (χ0) is 14.3. The average Bonchev–Trinajstić information content (AvgIpc) is 3.18. The minimum atomic E-state index is 0.185. The van der Waals surface area contributed by atoms with E-state index in [0.29, 0.717) is 16.3 Å². The highest BCUT2D eigenvalue weighted by atomic mass is 79.9. The van der Waals surface area contributed by atoms with Gasteiger partial charge in [-0.25, -0.2) is 0 Å². The predicted molar refractivity (Wildman–Crippen MR) is 79.7 cm³/mol. The maximum Gasteiger partial charge on any atom is 0.156 e. The first-order chi connectivity index (χ1) is 9.61. The molecule has 0 aliphatic heterocycles. The first kappa shape index (κ1) is 13.5. The number of aromatic nitrogens is 2. The monoisotopic (exact) mass is 351 g/mol. The number of ether oxygens (including phenoxy) is 1. The van der Waals surface area contributed by atoms with Crippen LogP contribution in [0.25, 0.3) is 11.3 Å². The van der Waals surface area contributed by atoms with E-state index in [1.807, 2.05) is 13.1 Å². The molecule has 0 atom stereocenters. The second-order valence-electron chi connectivity index (χ2n) is 4.69. The zero-order valence-corrected chi connectivity index (χ0v) is 13.1. The van der Waals surface area contributed by atoms with Gasteiger partial charge < -0.3 is 4.74 Å². The normalized spacial score (nSPS) is 14.1. The van der Waals surface area contributed by atoms with E-state index in [-0.39, 0.29) is 6.10 Å². The third-order valence-corrected chi connectivity index (χ3v) is 4.06. The molecule has 102 valence electrons. The minimum absolute atomic E-state index is 0.185. The van der Waals surface area contributed by atoms with E-state index in [4.69, 9.17) is 16.3 Å². The summed E-state index contributed by atoms with van der Waals surface area (Å²) < 4.78 is 8.34. The molecule has 1 heterocycles. The quantitative estimate of drug-likeness (QED) is 0.841. The number of benzene rings is 1. The number of hydrogen-bond donors (Lipinski definition) is 0. The molecule has 0 amide bonds. The Balaban J connectivity index is 2.19. The van der Waals surface area contributed by atoms with Gasteiger partial charge in [-0.2, -0.15) is 10.4 Å². The van der Waals surface area contributed by atoms with Gasteiger partial charge in [-0.1, -0.05) is 11.6 Å². The van der Waals surface area contributed by atoms with Crippen LogP contribution in [0, 0.1) is 11.3 Å². The van der Waals surface area contributed by atoms with Gasteiger partial charge in [0.2, 0.25) is 0 Å². The van der Waals surface area contributed by atoms with E-state index >= 15 is 0 Å². The molecule has 2 aromatic rings. The van der Waals surface area contributed by atoms with Crippen molar-refractivity contribution in [1.29, 1.82) is 5.26 Å². The van der Waals surface area contributed by atoms with E-state index in [1.54, 1.807) is 16.9 Å². The predicted octanol–water partition coefficient (Wildman–Crippen LogP) is 3.92. The third-order valence-electron chi connectivity index (χ3n) is 3.18. The molecule has 0 bridgehead atoms. The summed E-state index contributed by atoms with van der Waals surface area (Å²) in [6, 6.07) is 5.79. The first-order valence-corrected chi connectivity index (χ1v) is 7.36. The molecule has 1 aromatic heterocycles. The Labute approximate surface area is 130 Å². The summed E-state index contributed by atoms with van der Waals surface area (Å²) in [5.41, 5.74) is 2.05. The number of nitrogens with zero attached hydrogens (tertiary/aromatic N) is 3. The lowest BCUT2D eigenvalue weighted by Gasteiger charge is -2.13. The van der Waals surface area contributed by atoms with E-state index in [0.717, 1.165) is 28.6 Å². The Morgan fingerprint density at radius 3 is 2.80 bits per heavy atom. The lowest BCUT2D eigenvalue weighted by atomic mass is 10.0. The number of rotatable bonds is 3. The van der Waals surface area contributed by atoms with Crippen molar-refractivity contribution in [3.63, 3.8) is 0 Å². The van der Waals surface area contributed by atoms with Crippen LogP contribution in [-0.4, -0.2) is 15.9 Å². The Morgan fingerprint density at radius 2 is 2.25 bits per heavy atom. The molecule has 1 saturated carbocycles. The molecule has 6 heteroatoms. The van der Waals surface area contributed by atoms with Gasteiger partial charge in [-0.05, 0) is 40.9 Å². The maximum atomic E-state index is 9.50. The second kappa shape index (κ2) is 5.12. The fraction of sp³-hybridized carbons (Fsp3) is 0.286. The van der Waals surface area contributed by atoms with Crippen LogP contribution < -0.4 is 4.74 Å². The van der Waals surface area contributed by atoms with Gasteiger partial charge in [-0.15, -0.1) is 0 Å². The molecule has 1 aliphatic carbocycles. The van der Waals surface area contributed by atoms with Gasteiger partial charge >= 0.3 is 0 Å². The largest absolute Gasteiger partial charge is 0.487 e. The van der Waals surface area contributed by atoms with Gasteiger partial charge in [0.1, 0.15) is 11.6 Å². The highest BCUT2D eigenvalue weighted by Crippen LogP contribution is 2.40. The van der Waals surface area contributed by atoms with E-state index in [9.17, 15) is 5.26 Å². The van der Waals surface area contributed by atoms with Crippen LogP contribution in [0.1, 0.15) is 18.4 Å². The fourth-order valence-corrected chi connectivity index (χ4v) is 2.81. The van der Waals surface area contributed by atoms with Crippen LogP contribution in [0.4, 0.5) is 0 Å². The molecular weight excluding hydrogens is 342 g/mol. The van der Waals surface area contributed by atoms with E-state index in [1.165, 1.54) is 0 Å². The molecule has 0 saturated heterocycles. The lowest BCUT2D eigenvalue weighted by molar-refractivity contribution is 0.302. The van der Waals surface area contributed by atoms with Crippen LogP contribution in [0.3, 0.4) is 0 Å². The van der Waals surface area contributed by atoms with Crippen molar-refractivity contribution in [2.24, 2.45) is 7.05 Å². The summed E-state index contributed by atoms with van der Waals surface area (Å²) >= 11 is 9.64. The van der Waals surface area contributed by atoms with Crippen LogP contribution in [-0.2, 0) is 7.05 Å². The highest BCUT2D eigenvalue weighted by molar-refractivity contribution is 9.10. The number of nitriles is 1. The van der Waals surface area contributed by atoms with Crippen LogP contribution in [0.2, 0.25) is 5.02 Å². The third kappa shape index (κ3) is 2.30. The van der Waals surface area contributed by atoms with Crippen LogP contribution in [0.5, 0.6) is 5.75 Å². The van der Waals surface area contributed by atoms with Crippen LogP contribution in [0.15, 0.2) is 22.8 Å². The zero-order valence-electron chi connectivity index (χ0n) is 10.7. The SMILES string of the molecule is Cn1ncc(Br)c1-c1ccc(Cl)c(OC2CC2)c1C#N.